The van der Waals surface area contributed by atoms with Crippen molar-refractivity contribution < 1.29 is 9.59 Å². The lowest BCUT2D eigenvalue weighted by atomic mass is 9.63. The maximum atomic E-state index is 12.7. The van der Waals surface area contributed by atoms with Crippen molar-refractivity contribution in [1.29, 1.82) is 0 Å². The standard InChI is InChI=1S/C19H21N3O2/c1-21(2)15-9-3-12(4-10-15)11-20-22-18(23)16-13-5-6-14(8-7-13)17(16)19(22)24/h3-6,9-11,13-14,16-17H,7-8H2,1-2H3/b20-11-/t13-,14-,16-,17-/m0/s1. The van der Waals surface area contributed by atoms with Gasteiger partial charge in [-0.05, 0) is 42.4 Å². The van der Waals surface area contributed by atoms with Crippen LogP contribution in [-0.4, -0.2) is 37.1 Å². The monoisotopic (exact) mass is 323 g/mol. The molecule has 2 fully saturated rings. The molecule has 2 bridgehead atoms. The molecule has 3 aliphatic carbocycles. The summed E-state index contributed by atoms with van der Waals surface area (Å²) in [5.41, 5.74) is 1.96. The number of carbonyl (C=O) groups excluding carboxylic acids is 2. The second-order valence-electron chi connectivity index (χ2n) is 7.06. The van der Waals surface area contributed by atoms with E-state index in [4.69, 9.17) is 0 Å². The van der Waals surface area contributed by atoms with Gasteiger partial charge in [-0.15, -0.1) is 0 Å². The van der Waals surface area contributed by atoms with Gasteiger partial charge in [0.1, 0.15) is 0 Å². The van der Waals surface area contributed by atoms with Crippen molar-refractivity contribution in [3.63, 3.8) is 0 Å². The Hall–Kier alpha value is -2.43. The van der Waals surface area contributed by atoms with E-state index >= 15 is 0 Å². The quantitative estimate of drug-likeness (QED) is 0.487. The molecule has 1 saturated carbocycles. The predicted octanol–water partition coefficient (Wildman–Crippen LogP) is 2.28. The van der Waals surface area contributed by atoms with Crippen molar-refractivity contribution in [2.75, 3.05) is 19.0 Å². The molecule has 5 nitrogen and oxygen atoms in total. The van der Waals surface area contributed by atoms with Gasteiger partial charge in [-0.2, -0.15) is 10.1 Å². The largest absolute Gasteiger partial charge is 0.378 e. The van der Waals surface area contributed by atoms with Gasteiger partial charge in [0.15, 0.2) is 0 Å². The van der Waals surface area contributed by atoms with E-state index in [9.17, 15) is 9.59 Å². The first kappa shape index (κ1) is 15.1. The number of imide groups is 1. The van der Waals surface area contributed by atoms with Gasteiger partial charge in [0, 0.05) is 19.8 Å². The molecule has 0 radical (unpaired) electrons. The van der Waals surface area contributed by atoms with Crippen LogP contribution >= 0.6 is 0 Å². The van der Waals surface area contributed by atoms with Crippen LogP contribution in [0, 0.1) is 23.7 Å². The molecule has 0 unspecified atom stereocenters. The fraction of sp³-hybridized carbons (Fsp3) is 0.421. The molecule has 5 heteroatoms. The van der Waals surface area contributed by atoms with Crippen LogP contribution in [0.25, 0.3) is 0 Å². The SMILES string of the molecule is CN(C)c1ccc(/C=N\N2C(=O)[C@@H]3[C@@H](C2=O)[C@H]2C=C[C@H]3CC2)cc1. The van der Waals surface area contributed by atoms with Gasteiger partial charge in [0.25, 0.3) is 11.8 Å². The van der Waals surface area contributed by atoms with Crippen LogP contribution in [0.1, 0.15) is 18.4 Å². The molecule has 1 heterocycles. The van der Waals surface area contributed by atoms with E-state index in [1.807, 2.05) is 43.3 Å². The number of hydrogen-bond donors (Lipinski definition) is 0. The Bertz CT molecular complexity index is 703. The number of amides is 2. The highest BCUT2D eigenvalue weighted by Gasteiger charge is 2.56. The van der Waals surface area contributed by atoms with E-state index < -0.39 is 0 Å². The van der Waals surface area contributed by atoms with Crippen molar-refractivity contribution in [2.45, 2.75) is 12.8 Å². The van der Waals surface area contributed by atoms with E-state index in [-0.39, 0.29) is 35.5 Å². The van der Waals surface area contributed by atoms with E-state index in [0.29, 0.717) is 0 Å². The molecule has 2 amide bonds. The molecule has 4 atom stereocenters. The topological polar surface area (TPSA) is 53.0 Å². The first-order chi connectivity index (χ1) is 11.6. The summed E-state index contributed by atoms with van der Waals surface area (Å²) in [7, 11) is 3.96. The van der Waals surface area contributed by atoms with Crippen molar-refractivity contribution in [3.05, 3.63) is 42.0 Å². The van der Waals surface area contributed by atoms with Crippen molar-refractivity contribution in [1.82, 2.24) is 5.01 Å². The number of nitrogens with zero attached hydrogens (tertiary/aromatic N) is 3. The molecule has 1 aliphatic heterocycles. The van der Waals surface area contributed by atoms with Crippen LogP contribution in [0.5, 0.6) is 0 Å². The average Bonchev–Trinajstić information content (AvgIpc) is 2.87. The number of carbonyl (C=O) groups is 2. The Balaban J connectivity index is 1.55. The zero-order valence-corrected chi connectivity index (χ0v) is 13.9. The number of benzene rings is 1. The normalized spacial score (nSPS) is 31.2. The Morgan fingerprint density at radius 3 is 2.00 bits per heavy atom. The number of hydrogen-bond acceptors (Lipinski definition) is 4. The molecule has 124 valence electrons. The molecule has 1 aromatic rings. The highest BCUT2D eigenvalue weighted by molar-refractivity contribution is 6.06. The van der Waals surface area contributed by atoms with Gasteiger partial charge in [-0.25, -0.2) is 0 Å². The summed E-state index contributed by atoms with van der Waals surface area (Å²) >= 11 is 0. The summed E-state index contributed by atoms with van der Waals surface area (Å²) in [6.07, 6.45) is 7.85. The fourth-order valence-electron chi connectivity index (χ4n) is 4.16. The van der Waals surface area contributed by atoms with E-state index in [0.717, 1.165) is 29.1 Å². The lowest BCUT2D eigenvalue weighted by Gasteiger charge is -2.37. The Morgan fingerprint density at radius 2 is 1.54 bits per heavy atom. The summed E-state index contributed by atoms with van der Waals surface area (Å²) in [5.74, 6) is -0.258. The maximum absolute atomic E-state index is 12.7. The van der Waals surface area contributed by atoms with Crippen molar-refractivity contribution in [3.8, 4) is 0 Å². The molecule has 0 N–H and O–H groups in total. The third kappa shape index (κ3) is 2.27. The molecule has 0 spiro atoms. The number of hydrazone groups is 1. The number of rotatable bonds is 3. The molecule has 1 saturated heterocycles. The number of allylic oxidation sites excluding steroid dienone is 2. The van der Waals surface area contributed by atoms with Crippen LogP contribution in [-0.2, 0) is 9.59 Å². The molecule has 4 aliphatic rings. The summed E-state index contributed by atoms with van der Waals surface area (Å²) in [5, 5.41) is 5.32. The first-order valence-corrected chi connectivity index (χ1v) is 8.44. The number of anilines is 1. The van der Waals surface area contributed by atoms with Crippen LogP contribution in [0.4, 0.5) is 5.69 Å². The Morgan fingerprint density at radius 1 is 1.00 bits per heavy atom. The molecular formula is C19H21N3O2. The molecular weight excluding hydrogens is 302 g/mol. The van der Waals surface area contributed by atoms with Gasteiger partial charge in [0.2, 0.25) is 0 Å². The fourth-order valence-corrected chi connectivity index (χ4v) is 4.16. The van der Waals surface area contributed by atoms with Crippen LogP contribution in [0.2, 0.25) is 0 Å². The smallest absolute Gasteiger partial charge is 0.254 e. The lowest BCUT2D eigenvalue weighted by Crippen LogP contribution is -2.38. The zero-order valence-electron chi connectivity index (χ0n) is 13.9. The van der Waals surface area contributed by atoms with E-state index in [2.05, 4.69) is 17.3 Å². The van der Waals surface area contributed by atoms with Gasteiger partial charge in [0.05, 0.1) is 18.1 Å². The Kier molecular flexibility index (Phi) is 3.52. The molecule has 24 heavy (non-hydrogen) atoms. The number of fused-ring (bicyclic) bond motifs is 1. The van der Waals surface area contributed by atoms with Gasteiger partial charge in [-0.1, -0.05) is 24.3 Å². The summed E-state index contributed by atoms with van der Waals surface area (Å²) in [6.45, 7) is 0. The lowest BCUT2D eigenvalue weighted by molar-refractivity contribution is -0.140. The minimum absolute atomic E-state index is 0.134. The first-order valence-electron chi connectivity index (χ1n) is 8.44. The van der Waals surface area contributed by atoms with Crippen molar-refractivity contribution in [2.24, 2.45) is 28.8 Å². The van der Waals surface area contributed by atoms with Crippen LogP contribution in [0.15, 0.2) is 41.5 Å². The molecule has 0 aromatic heterocycles. The average molecular weight is 323 g/mol. The zero-order chi connectivity index (χ0) is 16.8. The second kappa shape index (κ2) is 5.58. The van der Waals surface area contributed by atoms with E-state index in [1.54, 1.807) is 6.21 Å². The minimum atomic E-state index is -0.200. The maximum Gasteiger partial charge on any atom is 0.254 e. The van der Waals surface area contributed by atoms with Gasteiger partial charge >= 0.3 is 0 Å². The summed E-state index contributed by atoms with van der Waals surface area (Å²) in [6, 6.07) is 7.84. The van der Waals surface area contributed by atoms with Crippen LogP contribution in [0.3, 0.4) is 0 Å². The third-order valence-corrected chi connectivity index (χ3v) is 5.47. The second-order valence-corrected chi connectivity index (χ2v) is 7.06. The Labute approximate surface area is 141 Å². The van der Waals surface area contributed by atoms with E-state index in [1.165, 1.54) is 0 Å². The van der Waals surface area contributed by atoms with Crippen LogP contribution < -0.4 is 4.90 Å². The van der Waals surface area contributed by atoms with Gasteiger partial charge in [-0.3, -0.25) is 9.59 Å². The molecule has 1 aromatic carbocycles. The molecule has 5 rings (SSSR count). The summed E-state index contributed by atoms with van der Waals surface area (Å²) in [4.78, 5) is 27.3. The third-order valence-electron chi connectivity index (χ3n) is 5.47. The predicted molar refractivity (Wildman–Crippen MR) is 92.6 cm³/mol. The van der Waals surface area contributed by atoms with Crippen molar-refractivity contribution >= 4 is 23.7 Å². The minimum Gasteiger partial charge on any atom is -0.378 e. The highest BCUT2D eigenvalue weighted by atomic mass is 16.2. The highest BCUT2D eigenvalue weighted by Crippen LogP contribution is 2.49. The summed E-state index contributed by atoms with van der Waals surface area (Å²) < 4.78 is 0. The van der Waals surface area contributed by atoms with Gasteiger partial charge < -0.3 is 4.90 Å².